The molecule has 6 aliphatic heterocycles. The number of aliphatic hydroxyl groups excluding tert-OH is 1. The van der Waals surface area contributed by atoms with Gasteiger partial charge in [-0.05, 0) is 163 Å². The smallest absolute Gasteiger partial charge is 0.248 e. The molecule has 0 radical (unpaired) electrons. The lowest BCUT2D eigenvalue weighted by molar-refractivity contribution is -0.134. The summed E-state index contributed by atoms with van der Waals surface area (Å²) in [5, 5.41) is 9.71. The van der Waals surface area contributed by atoms with Crippen molar-refractivity contribution >= 4 is 63.4 Å². The van der Waals surface area contributed by atoms with Crippen molar-refractivity contribution in [3.05, 3.63) is 159 Å². The van der Waals surface area contributed by atoms with Gasteiger partial charge in [0, 0.05) is 228 Å². The van der Waals surface area contributed by atoms with E-state index >= 15 is 0 Å². The van der Waals surface area contributed by atoms with Crippen molar-refractivity contribution in [3.63, 3.8) is 0 Å². The molecule has 0 unspecified atom stereocenters. The van der Waals surface area contributed by atoms with E-state index in [2.05, 4.69) is 158 Å². The number of hydrogen-bond acceptors (Lipinski definition) is 16. The minimum atomic E-state index is -0.404. The molecule has 552 valence electrons. The van der Waals surface area contributed by atoms with Gasteiger partial charge in [0.2, 0.25) is 17.7 Å². The molecule has 101 heavy (non-hydrogen) atoms. The zero-order chi connectivity index (χ0) is 73.3. The van der Waals surface area contributed by atoms with Crippen LogP contribution in [-0.2, 0) is 14.4 Å². The molecule has 12 rings (SSSR count). The molecule has 0 bridgehead atoms. The number of carbonyl (C=O) groups excluding carboxylic acids is 3. The van der Waals surface area contributed by atoms with Crippen molar-refractivity contribution in [1.82, 2.24) is 29.4 Å². The Kier molecular flexibility index (Phi) is 31.8. The Bertz CT molecular complexity index is 3320. The number of carbonyl (C=O) groups is 3. The normalized spacial score (nSPS) is 16.8. The Morgan fingerprint density at radius 2 is 0.644 bits per heavy atom. The number of anilines is 6. The number of ether oxygens (including phenoxy) is 3. The van der Waals surface area contributed by atoms with Crippen LogP contribution in [0.1, 0.15) is 59.2 Å². The lowest BCUT2D eigenvalue weighted by Crippen LogP contribution is -2.49. The molecular formula is C80H116ClFN12O7. The fraction of sp³-hybridized carbons (Fsp3) is 0.512. The third-order valence-corrected chi connectivity index (χ3v) is 20.5. The van der Waals surface area contributed by atoms with Gasteiger partial charge in [0.1, 0.15) is 29.7 Å². The Balaban J connectivity index is 0.000000171. The number of benzene rings is 6. The van der Waals surface area contributed by atoms with Crippen molar-refractivity contribution in [1.29, 1.82) is 0 Å². The molecule has 0 aliphatic carbocycles. The largest absolute Gasteiger partial charge is 0.496 e. The van der Waals surface area contributed by atoms with E-state index in [9.17, 15) is 18.8 Å². The van der Waals surface area contributed by atoms with E-state index in [-0.39, 0.29) is 23.5 Å². The van der Waals surface area contributed by atoms with Gasteiger partial charge in [0.25, 0.3) is 0 Å². The second kappa shape index (κ2) is 40.0. The van der Waals surface area contributed by atoms with E-state index in [1.807, 2.05) is 68.7 Å². The monoisotopic (exact) mass is 1410 g/mol. The maximum absolute atomic E-state index is 13.4. The van der Waals surface area contributed by atoms with Crippen LogP contribution in [0, 0.1) is 54.3 Å². The summed E-state index contributed by atoms with van der Waals surface area (Å²) >= 11 is 6.12. The Morgan fingerprint density at radius 3 is 0.941 bits per heavy atom. The zero-order valence-electron chi connectivity index (χ0n) is 63.3. The summed E-state index contributed by atoms with van der Waals surface area (Å²) in [6.45, 7) is 40.2. The van der Waals surface area contributed by atoms with Gasteiger partial charge in [-0.2, -0.15) is 0 Å². The summed E-state index contributed by atoms with van der Waals surface area (Å²) in [6, 6.07) is 37.3. The van der Waals surface area contributed by atoms with Crippen LogP contribution in [0.2, 0.25) is 5.02 Å². The minimum absolute atomic E-state index is 0.105. The maximum Gasteiger partial charge on any atom is 0.248 e. The predicted molar refractivity (Wildman–Crippen MR) is 415 cm³/mol. The Morgan fingerprint density at radius 1 is 0.366 bits per heavy atom. The highest BCUT2D eigenvalue weighted by atomic mass is 35.5. The van der Waals surface area contributed by atoms with Gasteiger partial charge in [0.15, 0.2) is 0 Å². The third-order valence-electron chi connectivity index (χ3n) is 20.1. The quantitative estimate of drug-likeness (QED) is 0.132. The molecular weight excluding hydrogens is 1300 g/mol. The lowest BCUT2D eigenvalue weighted by Gasteiger charge is -2.36. The van der Waals surface area contributed by atoms with Crippen molar-refractivity contribution in [3.8, 4) is 17.2 Å². The number of rotatable bonds is 11. The van der Waals surface area contributed by atoms with Crippen LogP contribution in [-0.4, -0.2) is 258 Å². The summed E-state index contributed by atoms with van der Waals surface area (Å²) in [4.78, 5) is 60.8. The van der Waals surface area contributed by atoms with E-state index in [1.54, 1.807) is 46.1 Å². The highest BCUT2D eigenvalue weighted by molar-refractivity contribution is 6.31. The summed E-state index contributed by atoms with van der Waals surface area (Å²) < 4.78 is 29.4. The molecule has 0 saturated carbocycles. The third kappa shape index (κ3) is 24.1. The first-order valence-electron chi connectivity index (χ1n) is 35.9. The number of nitrogens with zero attached hydrogens (tertiary/aromatic N) is 12. The number of piperazine rings is 6. The Hall–Kier alpha value is -8.01. The Labute approximate surface area is 608 Å². The molecule has 6 saturated heterocycles. The van der Waals surface area contributed by atoms with Crippen molar-refractivity contribution < 1.29 is 38.1 Å². The highest BCUT2D eigenvalue weighted by Crippen LogP contribution is 2.30. The number of amides is 3. The van der Waals surface area contributed by atoms with Gasteiger partial charge in [0.05, 0.1) is 21.3 Å². The molecule has 6 aliphatic rings. The van der Waals surface area contributed by atoms with E-state index in [0.717, 1.165) is 187 Å². The van der Waals surface area contributed by atoms with Crippen LogP contribution in [0.15, 0.2) is 109 Å². The second-order valence-corrected chi connectivity index (χ2v) is 27.6. The maximum atomic E-state index is 13.4. The van der Waals surface area contributed by atoms with E-state index < -0.39 is 6.61 Å². The molecule has 1 N–H and O–H groups in total. The zero-order valence-corrected chi connectivity index (χ0v) is 64.1. The van der Waals surface area contributed by atoms with Crippen LogP contribution in [0.4, 0.5) is 38.5 Å². The summed E-state index contributed by atoms with van der Waals surface area (Å²) in [6.07, 6.45) is 0.596. The van der Waals surface area contributed by atoms with Crippen molar-refractivity contribution in [2.24, 2.45) is 0 Å². The van der Waals surface area contributed by atoms with Crippen LogP contribution >= 0.6 is 11.6 Å². The molecule has 3 amide bonds. The van der Waals surface area contributed by atoms with Gasteiger partial charge in [-0.3, -0.25) is 14.4 Å². The van der Waals surface area contributed by atoms with E-state index in [1.165, 1.54) is 47.0 Å². The molecule has 0 atom stereocenters. The second-order valence-electron chi connectivity index (χ2n) is 27.2. The van der Waals surface area contributed by atoms with Gasteiger partial charge in [-0.25, -0.2) is 4.39 Å². The number of halogens is 2. The van der Waals surface area contributed by atoms with E-state index in [4.69, 9.17) is 30.9 Å². The van der Waals surface area contributed by atoms with Crippen LogP contribution in [0.3, 0.4) is 0 Å². The van der Waals surface area contributed by atoms with Gasteiger partial charge >= 0.3 is 0 Å². The van der Waals surface area contributed by atoms with Gasteiger partial charge in [-0.1, -0.05) is 54.9 Å². The van der Waals surface area contributed by atoms with Gasteiger partial charge in [-0.15, -0.1) is 0 Å². The number of aryl methyl sites for hydroxylation is 7. The van der Waals surface area contributed by atoms with Crippen molar-refractivity contribution in [2.75, 3.05) is 236 Å². The number of hydrogen-bond donors (Lipinski definition) is 1. The molecule has 21 heteroatoms. The summed E-state index contributed by atoms with van der Waals surface area (Å²) in [5.74, 6) is 2.84. The lowest BCUT2D eigenvalue weighted by atomic mass is 10.1. The molecule has 6 aromatic rings. The number of methoxy groups -OCH3 is 3. The SMILES string of the molecule is CCC(=O)N1CCN(c2ccc(C)c(OC)c2)CC1.COc1cc(N2CCN(C(=O)CO)CC2)ccc1C.COc1cc(N2CCN(C(C)=O)CC2)ccc1C.Cc1ccc(N2CCN(C)CC2)cc1C.Cc1ccc(N2CCN(C)CC2)cc1Cl.Cc1ccc(N2CCN(C)CC2)cc1F. The first kappa shape index (κ1) is 80.3. The topological polar surface area (TPSA) is 138 Å². The molecule has 6 fully saturated rings. The first-order valence-corrected chi connectivity index (χ1v) is 36.3. The average Bonchev–Trinajstić information content (AvgIpc) is 0.868. The summed E-state index contributed by atoms with van der Waals surface area (Å²) in [7, 11) is 11.5. The molecule has 0 aromatic heterocycles. The van der Waals surface area contributed by atoms with Crippen molar-refractivity contribution in [2.45, 2.75) is 68.7 Å². The van der Waals surface area contributed by atoms with Gasteiger partial charge < -0.3 is 78.1 Å². The van der Waals surface area contributed by atoms with E-state index in [0.29, 0.717) is 25.1 Å². The minimum Gasteiger partial charge on any atom is -0.496 e. The molecule has 6 heterocycles. The highest BCUT2D eigenvalue weighted by Gasteiger charge is 2.25. The standard InChI is InChI=1S/C15H22N2O2.C14H20N2O3.C14H20N2O2.C13H20N2.C12H17ClN2.C12H17FN2/c1-4-15(18)17-9-7-16(8-10-17)13-6-5-12(2)14(11-13)19-3;1-11-3-4-12(9-13(11)19-2)15-5-7-16(8-6-15)14(18)10-17;1-11-4-5-13(10-14(11)18-3)16-8-6-15(7-9-16)12(2)17;1-11-4-5-13(10-12(11)2)15-8-6-14(3)7-9-15;2*1-10-3-4-11(9-12(10)13)15-7-5-14(2)6-8-15/h5-6,11H,4,7-10H2,1-3H3;3-4,9,17H,5-8,10H2,1-2H3;4-5,10H,6-9H2,1-3H3;4-5,10H,6-9H2,1-3H3;2*3-4,9H,5-8H2,1-2H3. The van der Waals surface area contributed by atoms with Crippen LogP contribution in [0.5, 0.6) is 17.2 Å². The summed E-state index contributed by atoms with van der Waals surface area (Å²) in [5.41, 5.74) is 15.1. The fourth-order valence-electron chi connectivity index (χ4n) is 12.7. The molecule has 6 aromatic carbocycles. The first-order chi connectivity index (χ1) is 48.4. The predicted octanol–water partition coefficient (Wildman–Crippen LogP) is 10.7. The molecule has 19 nitrogen and oxygen atoms in total. The van der Waals surface area contributed by atoms with Crippen LogP contribution < -0.4 is 43.6 Å². The fourth-order valence-corrected chi connectivity index (χ4v) is 12.9. The average molecular weight is 1410 g/mol. The number of aliphatic hydroxyl groups is 1. The molecule has 0 spiro atoms. The number of likely N-dealkylation sites (N-methyl/N-ethyl adjacent to an activating group) is 3. The van der Waals surface area contributed by atoms with Crippen LogP contribution in [0.25, 0.3) is 0 Å².